The molecule has 0 aliphatic carbocycles. The number of sulfonamides is 1. The number of benzene rings is 1. The van der Waals surface area contributed by atoms with Crippen molar-refractivity contribution in [1.82, 2.24) is 25.4 Å². The minimum Gasteiger partial charge on any atom is -0.350 e. The van der Waals surface area contributed by atoms with Crippen LogP contribution in [0, 0.1) is 0 Å². The Bertz CT molecular complexity index is 1380. The lowest BCUT2D eigenvalue weighted by Crippen LogP contribution is -2.34. The monoisotopic (exact) mass is 553 g/mol. The van der Waals surface area contributed by atoms with E-state index in [1.165, 1.54) is 0 Å². The van der Waals surface area contributed by atoms with Crippen molar-refractivity contribution in [3.05, 3.63) is 71.7 Å². The van der Waals surface area contributed by atoms with E-state index < -0.39 is 10.0 Å². The predicted molar refractivity (Wildman–Crippen MR) is 150 cm³/mol. The van der Waals surface area contributed by atoms with Gasteiger partial charge in [0, 0.05) is 61.1 Å². The number of rotatable bonds is 7. The van der Waals surface area contributed by atoms with Crippen molar-refractivity contribution in [3.63, 3.8) is 0 Å². The van der Waals surface area contributed by atoms with Crippen LogP contribution in [-0.2, 0) is 23.1 Å². The van der Waals surface area contributed by atoms with Gasteiger partial charge in [-0.2, -0.15) is 5.10 Å². The smallest absolute Gasteiger partial charge is 0.258 e. The van der Waals surface area contributed by atoms with Crippen LogP contribution in [-0.4, -0.2) is 60.9 Å². The molecule has 3 N–H and O–H groups in total. The molecule has 12 heteroatoms. The Morgan fingerprint density at radius 3 is 2.56 bits per heavy atom. The zero-order valence-corrected chi connectivity index (χ0v) is 22.9. The quantitative estimate of drug-likeness (QED) is 0.409. The van der Waals surface area contributed by atoms with Gasteiger partial charge >= 0.3 is 0 Å². The molecule has 2 aromatic heterocycles. The van der Waals surface area contributed by atoms with E-state index in [9.17, 15) is 18.0 Å². The number of fused-ring (bicyclic) bond motifs is 1. The zero-order valence-electron chi connectivity index (χ0n) is 22.1. The van der Waals surface area contributed by atoms with Gasteiger partial charge in [0.2, 0.25) is 10.0 Å². The van der Waals surface area contributed by atoms with Crippen LogP contribution >= 0.6 is 0 Å². The fourth-order valence-corrected chi connectivity index (χ4v) is 4.99. The Balaban J connectivity index is 1.49. The van der Waals surface area contributed by atoms with Crippen LogP contribution in [0.5, 0.6) is 0 Å². The van der Waals surface area contributed by atoms with Gasteiger partial charge in [-0.25, -0.2) is 8.42 Å². The summed E-state index contributed by atoms with van der Waals surface area (Å²) < 4.78 is 26.6. The van der Waals surface area contributed by atoms with Crippen LogP contribution < -0.4 is 20.3 Å². The van der Waals surface area contributed by atoms with Gasteiger partial charge in [-0.1, -0.05) is 19.3 Å². The number of pyridine rings is 1. The topological polar surface area (TPSA) is 138 Å². The third-order valence-corrected chi connectivity index (χ3v) is 6.99. The molecule has 0 spiro atoms. The number of carbonyl (C=O) groups excluding carboxylic acids is 2. The standard InChI is InChI=1S/C27H35N7O4S/c1-39(37,38)32-25-11-17-33(31-25)18-15-30-26(35)22-7-8-24-23(19-22)20-29-12-5-3-2-4-6-16-34(24)27(36)21-9-13-28-14-10-21/h7-11,13-14,17,19,29H,2-6,12,15-16,18,20H2,1H3,(H,30,35)(H,31,32). The molecule has 0 fully saturated rings. The molecule has 208 valence electrons. The first kappa shape index (κ1) is 28.2. The number of hydrogen-bond donors (Lipinski definition) is 3. The highest BCUT2D eigenvalue weighted by molar-refractivity contribution is 7.92. The largest absolute Gasteiger partial charge is 0.350 e. The molecule has 0 atom stereocenters. The number of amides is 2. The van der Waals surface area contributed by atoms with E-state index in [1.807, 2.05) is 17.0 Å². The SMILES string of the molecule is CS(=O)(=O)Nc1ccn(CCNC(=O)c2ccc3c(c2)CNCCCCCCCN3C(=O)c2ccncc2)n1. The second kappa shape index (κ2) is 13.3. The fraction of sp³-hybridized carbons (Fsp3) is 0.407. The van der Waals surface area contributed by atoms with Crippen molar-refractivity contribution < 1.29 is 18.0 Å². The van der Waals surface area contributed by atoms with E-state index in [4.69, 9.17) is 0 Å². The lowest BCUT2D eigenvalue weighted by molar-refractivity contribution is 0.0950. The predicted octanol–water partition coefficient (Wildman–Crippen LogP) is 2.78. The van der Waals surface area contributed by atoms with E-state index >= 15 is 0 Å². The minimum absolute atomic E-state index is 0.0862. The zero-order chi connectivity index (χ0) is 27.7. The van der Waals surface area contributed by atoms with E-state index in [-0.39, 0.29) is 17.6 Å². The molecule has 3 aromatic rings. The maximum absolute atomic E-state index is 13.5. The van der Waals surface area contributed by atoms with Crippen molar-refractivity contribution >= 4 is 33.3 Å². The van der Waals surface area contributed by atoms with Crippen molar-refractivity contribution in [2.45, 2.75) is 45.2 Å². The third kappa shape index (κ3) is 8.36. The first-order valence-corrected chi connectivity index (χ1v) is 15.0. The molecular formula is C27H35N7O4S. The molecule has 0 radical (unpaired) electrons. The van der Waals surface area contributed by atoms with Gasteiger partial charge in [0.1, 0.15) is 0 Å². The highest BCUT2D eigenvalue weighted by Gasteiger charge is 2.21. The van der Waals surface area contributed by atoms with Crippen molar-refractivity contribution in [3.8, 4) is 0 Å². The normalized spacial score (nSPS) is 14.9. The maximum Gasteiger partial charge on any atom is 0.258 e. The third-order valence-electron chi connectivity index (χ3n) is 6.41. The van der Waals surface area contributed by atoms with E-state index in [1.54, 1.807) is 47.5 Å². The Labute approximate surface area is 229 Å². The molecule has 1 aliphatic rings. The second-order valence-electron chi connectivity index (χ2n) is 9.57. The average Bonchev–Trinajstić information content (AvgIpc) is 3.34. The van der Waals surface area contributed by atoms with E-state index in [2.05, 4.69) is 25.4 Å². The molecule has 2 amide bonds. The number of carbonyl (C=O) groups is 2. The summed E-state index contributed by atoms with van der Waals surface area (Å²) in [5, 5.41) is 10.5. The summed E-state index contributed by atoms with van der Waals surface area (Å²) in [7, 11) is -3.41. The van der Waals surface area contributed by atoms with Crippen LogP contribution in [0.4, 0.5) is 11.5 Å². The van der Waals surface area contributed by atoms with Gasteiger partial charge in [0.15, 0.2) is 5.82 Å². The summed E-state index contributed by atoms with van der Waals surface area (Å²) in [6.07, 6.45) is 11.3. The molecule has 0 bridgehead atoms. The van der Waals surface area contributed by atoms with Crippen LogP contribution in [0.25, 0.3) is 0 Å². The number of nitrogens with zero attached hydrogens (tertiary/aromatic N) is 4. The van der Waals surface area contributed by atoms with E-state index in [0.717, 1.165) is 56.2 Å². The summed E-state index contributed by atoms with van der Waals surface area (Å²) in [6.45, 7) is 2.69. The van der Waals surface area contributed by atoms with Gasteiger partial charge in [-0.15, -0.1) is 0 Å². The number of nitrogens with one attached hydrogen (secondary N) is 3. The molecule has 1 aromatic carbocycles. The molecule has 3 heterocycles. The number of aromatic nitrogens is 3. The van der Waals surface area contributed by atoms with Gasteiger partial charge in [-0.05, 0) is 55.3 Å². The summed E-state index contributed by atoms with van der Waals surface area (Å²) in [5.41, 5.74) is 2.75. The molecule has 1 aliphatic heterocycles. The lowest BCUT2D eigenvalue weighted by atomic mass is 10.0. The van der Waals surface area contributed by atoms with Crippen molar-refractivity contribution in [1.29, 1.82) is 0 Å². The first-order chi connectivity index (χ1) is 18.8. The minimum atomic E-state index is -3.41. The number of anilines is 2. The highest BCUT2D eigenvalue weighted by atomic mass is 32.2. The Kier molecular flexibility index (Phi) is 9.66. The Morgan fingerprint density at radius 1 is 1.00 bits per heavy atom. The van der Waals surface area contributed by atoms with Gasteiger partial charge in [0.05, 0.1) is 12.8 Å². The highest BCUT2D eigenvalue weighted by Crippen LogP contribution is 2.26. The summed E-state index contributed by atoms with van der Waals surface area (Å²) in [5.74, 6) is -0.100. The summed E-state index contributed by atoms with van der Waals surface area (Å²) in [6, 6.07) is 10.4. The molecule has 0 unspecified atom stereocenters. The molecule has 39 heavy (non-hydrogen) atoms. The first-order valence-electron chi connectivity index (χ1n) is 13.2. The molecule has 0 saturated heterocycles. The molecular weight excluding hydrogens is 518 g/mol. The van der Waals surface area contributed by atoms with Crippen LogP contribution in [0.2, 0.25) is 0 Å². The summed E-state index contributed by atoms with van der Waals surface area (Å²) in [4.78, 5) is 32.3. The van der Waals surface area contributed by atoms with E-state index in [0.29, 0.717) is 37.3 Å². The molecule has 0 saturated carbocycles. The van der Waals surface area contributed by atoms with Crippen molar-refractivity contribution in [2.24, 2.45) is 0 Å². The van der Waals surface area contributed by atoms with Crippen LogP contribution in [0.1, 0.15) is 58.4 Å². The maximum atomic E-state index is 13.5. The average molecular weight is 554 g/mol. The van der Waals surface area contributed by atoms with Crippen molar-refractivity contribution in [2.75, 3.05) is 35.5 Å². The molecule has 11 nitrogen and oxygen atoms in total. The van der Waals surface area contributed by atoms with Crippen LogP contribution in [0.15, 0.2) is 55.0 Å². The number of hydrogen-bond acceptors (Lipinski definition) is 7. The Hall–Kier alpha value is -3.77. The van der Waals surface area contributed by atoms with Crippen LogP contribution in [0.3, 0.4) is 0 Å². The Morgan fingerprint density at radius 2 is 1.77 bits per heavy atom. The van der Waals surface area contributed by atoms with Gasteiger partial charge in [0.25, 0.3) is 11.8 Å². The lowest BCUT2D eigenvalue weighted by Gasteiger charge is -2.27. The van der Waals surface area contributed by atoms with Gasteiger partial charge < -0.3 is 15.5 Å². The van der Waals surface area contributed by atoms with Gasteiger partial charge in [-0.3, -0.25) is 24.0 Å². The molecule has 4 rings (SSSR count). The second-order valence-corrected chi connectivity index (χ2v) is 11.3. The summed E-state index contributed by atoms with van der Waals surface area (Å²) >= 11 is 0. The fourth-order valence-electron chi connectivity index (χ4n) is 4.50.